The van der Waals surface area contributed by atoms with Gasteiger partial charge >= 0.3 is 0 Å². The number of hydrogen-bond acceptors (Lipinski definition) is 8. The molecule has 0 aliphatic carbocycles. The summed E-state index contributed by atoms with van der Waals surface area (Å²) in [6.07, 6.45) is 4.54. The molecular formula is C15H11N5O4S. The highest BCUT2D eigenvalue weighted by Crippen LogP contribution is 2.42. The average Bonchev–Trinajstić information content (AvgIpc) is 3.36. The Hall–Kier alpha value is -3.27. The molecule has 3 aromatic rings. The van der Waals surface area contributed by atoms with Gasteiger partial charge in [0, 0.05) is 18.8 Å². The summed E-state index contributed by atoms with van der Waals surface area (Å²) < 4.78 is 6.68. The van der Waals surface area contributed by atoms with Gasteiger partial charge in [0.2, 0.25) is 10.9 Å². The molecule has 126 valence electrons. The number of nitrogens with zero attached hydrogens (tertiary/aromatic N) is 5. The summed E-state index contributed by atoms with van der Waals surface area (Å²) in [4.78, 5) is 26.7. The summed E-state index contributed by atoms with van der Waals surface area (Å²) in [6, 6.07) is 2.16. The molecule has 1 unspecified atom stereocenters. The minimum atomic E-state index is -0.869. The molecule has 10 heteroatoms. The van der Waals surface area contributed by atoms with E-state index >= 15 is 0 Å². The van der Waals surface area contributed by atoms with Crippen LogP contribution < -0.4 is 4.90 Å². The minimum absolute atomic E-state index is 0.0300. The molecule has 0 saturated heterocycles. The van der Waals surface area contributed by atoms with Crippen molar-refractivity contribution in [3.05, 3.63) is 59.0 Å². The predicted octanol–water partition coefficient (Wildman–Crippen LogP) is 1.65. The van der Waals surface area contributed by atoms with Crippen molar-refractivity contribution in [2.75, 3.05) is 4.90 Å². The van der Waals surface area contributed by atoms with Crippen LogP contribution >= 0.6 is 11.3 Å². The molecule has 25 heavy (non-hydrogen) atoms. The number of Topliss-reactive ketones (excluding diaryl/α,β-unsaturated/α-hetero) is 1. The summed E-state index contributed by atoms with van der Waals surface area (Å²) in [5, 5.41) is 22.4. The predicted molar refractivity (Wildman–Crippen MR) is 86.0 cm³/mol. The van der Waals surface area contributed by atoms with Gasteiger partial charge in [0.05, 0.1) is 18.0 Å². The third kappa shape index (κ3) is 2.34. The van der Waals surface area contributed by atoms with Crippen LogP contribution in [0, 0.1) is 0 Å². The molecule has 0 radical (unpaired) electrons. The third-order valence-electron chi connectivity index (χ3n) is 3.79. The van der Waals surface area contributed by atoms with Gasteiger partial charge in [-0.1, -0.05) is 11.3 Å². The molecule has 0 fully saturated rings. The molecule has 3 aromatic heterocycles. The molecule has 1 aliphatic rings. The second kappa shape index (κ2) is 5.67. The molecule has 0 aromatic carbocycles. The molecular weight excluding hydrogens is 346 g/mol. The van der Waals surface area contributed by atoms with Crippen LogP contribution in [-0.2, 0) is 11.8 Å². The molecule has 0 bridgehead atoms. The summed E-state index contributed by atoms with van der Waals surface area (Å²) in [6.45, 7) is 0. The zero-order chi connectivity index (χ0) is 17.6. The standard InChI is InChI=1S/C15H11N5O4S/c1-19-6-8(5-17-19)11-10(12(21)9-3-2-4-24-9)13(22)14(23)20(11)15-18-16-7-25-15/h2-7,11,22H,1H3. The maximum Gasteiger partial charge on any atom is 0.296 e. The summed E-state index contributed by atoms with van der Waals surface area (Å²) >= 11 is 1.13. The van der Waals surface area contributed by atoms with Crippen LogP contribution in [-0.4, -0.2) is 36.8 Å². The first-order valence-electron chi connectivity index (χ1n) is 7.17. The number of furan rings is 1. The number of ketones is 1. The van der Waals surface area contributed by atoms with Crippen molar-refractivity contribution in [3.8, 4) is 0 Å². The van der Waals surface area contributed by atoms with Gasteiger partial charge < -0.3 is 9.52 Å². The van der Waals surface area contributed by atoms with E-state index < -0.39 is 23.5 Å². The number of aryl methyl sites for hydroxylation is 1. The fourth-order valence-corrected chi connectivity index (χ4v) is 3.33. The van der Waals surface area contributed by atoms with Crippen LogP contribution in [0.1, 0.15) is 22.2 Å². The number of rotatable bonds is 4. The Kier molecular flexibility index (Phi) is 3.46. The van der Waals surface area contributed by atoms with Crippen LogP contribution in [0.15, 0.2) is 52.0 Å². The quantitative estimate of drug-likeness (QED) is 0.706. The number of carbonyl (C=O) groups excluding carboxylic acids is 2. The normalized spacial score (nSPS) is 17.6. The van der Waals surface area contributed by atoms with Crippen LogP contribution in [0.2, 0.25) is 0 Å². The molecule has 1 aliphatic heterocycles. The lowest BCUT2D eigenvalue weighted by Gasteiger charge is -2.22. The van der Waals surface area contributed by atoms with E-state index in [1.807, 2.05) is 0 Å². The third-order valence-corrected chi connectivity index (χ3v) is 4.48. The Morgan fingerprint density at radius 1 is 1.44 bits per heavy atom. The average molecular weight is 357 g/mol. The van der Waals surface area contributed by atoms with Gasteiger partial charge in [0.15, 0.2) is 11.5 Å². The van der Waals surface area contributed by atoms with Gasteiger partial charge in [-0.25, -0.2) is 0 Å². The van der Waals surface area contributed by atoms with Gasteiger partial charge in [-0.15, -0.1) is 10.2 Å². The summed E-state index contributed by atoms with van der Waals surface area (Å²) in [5.74, 6) is -1.90. The second-order valence-corrected chi connectivity index (χ2v) is 6.13. The molecule has 4 rings (SSSR count). The number of aliphatic hydroxyl groups is 1. The molecule has 0 saturated carbocycles. The van der Waals surface area contributed by atoms with E-state index in [0.29, 0.717) is 5.56 Å². The molecule has 1 N–H and O–H groups in total. The first-order chi connectivity index (χ1) is 12.1. The van der Waals surface area contributed by atoms with Crippen molar-refractivity contribution in [3.63, 3.8) is 0 Å². The van der Waals surface area contributed by atoms with Gasteiger partial charge in [0.1, 0.15) is 11.6 Å². The van der Waals surface area contributed by atoms with E-state index in [1.165, 1.54) is 28.9 Å². The number of anilines is 1. The first kappa shape index (κ1) is 15.3. The topological polar surface area (TPSA) is 114 Å². The number of aromatic nitrogens is 4. The number of aliphatic hydroxyl groups excluding tert-OH is 1. The van der Waals surface area contributed by atoms with E-state index in [1.54, 1.807) is 24.0 Å². The van der Waals surface area contributed by atoms with E-state index in [0.717, 1.165) is 11.3 Å². The van der Waals surface area contributed by atoms with Crippen molar-refractivity contribution in [1.29, 1.82) is 0 Å². The Morgan fingerprint density at radius 2 is 2.28 bits per heavy atom. The fraction of sp³-hybridized carbons (Fsp3) is 0.133. The lowest BCUT2D eigenvalue weighted by atomic mass is 9.97. The number of hydrogen-bond donors (Lipinski definition) is 1. The van der Waals surface area contributed by atoms with Crippen molar-refractivity contribution in [2.45, 2.75) is 6.04 Å². The Bertz CT molecular complexity index is 974. The summed E-state index contributed by atoms with van der Waals surface area (Å²) in [5.41, 5.74) is 1.94. The second-order valence-electron chi connectivity index (χ2n) is 5.32. The first-order valence-corrected chi connectivity index (χ1v) is 8.05. The van der Waals surface area contributed by atoms with Crippen molar-refractivity contribution >= 4 is 28.2 Å². The number of amides is 1. The highest BCUT2D eigenvalue weighted by atomic mass is 32.1. The highest BCUT2D eigenvalue weighted by Gasteiger charge is 2.46. The van der Waals surface area contributed by atoms with Crippen molar-refractivity contribution in [2.24, 2.45) is 7.05 Å². The maximum atomic E-state index is 12.8. The van der Waals surface area contributed by atoms with E-state index in [-0.39, 0.29) is 16.5 Å². The Balaban J connectivity index is 1.87. The molecule has 4 heterocycles. The summed E-state index contributed by atoms with van der Waals surface area (Å²) in [7, 11) is 1.72. The van der Waals surface area contributed by atoms with Gasteiger partial charge in [-0.3, -0.25) is 19.2 Å². The van der Waals surface area contributed by atoms with Gasteiger partial charge in [0.25, 0.3) is 5.91 Å². The number of carbonyl (C=O) groups is 2. The molecule has 1 atom stereocenters. The van der Waals surface area contributed by atoms with Crippen molar-refractivity contribution in [1.82, 2.24) is 20.0 Å². The van der Waals surface area contributed by atoms with Crippen LogP contribution in [0.5, 0.6) is 0 Å². The van der Waals surface area contributed by atoms with E-state index in [4.69, 9.17) is 4.42 Å². The maximum absolute atomic E-state index is 12.8. The molecule has 9 nitrogen and oxygen atoms in total. The molecule has 0 spiro atoms. The SMILES string of the molecule is Cn1cc(C2C(C(=O)c3ccco3)=C(O)C(=O)N2c2nncs2)cn1. The van der Waals surface area contributed by atoms with Gasteiger partial charge in [-0.2, -0.15) is 5.10 Å². The van der Waals surface area contributed by atoms with E-state index in [9.17, 15) is 14.7 Å². The van der Waals surface area contributed by atoms with Crippen molar-refractivity contribution < 1.29 is 19.1 Å². The Morgan fingerprint density at radius 3 is 2.88 bits per heavy atom. The fourth-order valence-electron chi connectivity index (χ4n) is 2.74. The van der Waals surface area contributed by atoms with E-state index in [2.05, 4.69) is 15.3 Å². The van der Waals surface area contributed by atoms with Crippen LogP contribution in [0.25, 0.3) is 0 Å². The molecule has 1 amide bonds. The Labute approximate surface area is 144 Å². The lowest BCUT2D eigenvalue weighted by molar-refractivity contribution is -0.117. The van der Waals surface area contributed by atoms with Crippen LogP contribution in [0.4, 0.5) is 5.13 Å². The minimum Gasteiger partial charge on any atom is -0.503 e. The lowest BCUT2D eigenvalue weighted by Crippen LogP contribution is -2.30. The highest BCUT2D eigenvalue weighted by molar-refractivity contribution is 7.13. The zero-order valence-corrected chi connectivity index (χ0v) is 13.7. The largest absolute Gasteiger partial charge is 0.503 e. The van der Waals surface area contributed by atoms with Gasteiger partial charge in [-0.05, 0) is 12.1 Å². The smallest absolute Gasteiger partial charge is 0.296 e. The van der Waals surface area contributed by atoms with Crippen LogP contribution in [0.3, 0.4) is 0 Å². The monoisotopic (exact) mass is 357 g/mol. The zero-order valence-electron chi connectivity index (χ0n) is 12.9.